The summed E-state index contributed by atoms with van der Waals surface area (Å²) in [5.41, 5.74) is 1.28. The van der Waals surface area contributed by atoms with Gasteiger partial charge in [-0.1, -0.05) is 18.2 Å². The molecule has 0 aliphatic carbocycles. The van der Waals surface area contributed by atoms with Gasteiger partial charge in [0.05, 0.1) is 6.61 Å². The first kappa shape index (κ1) is 17.4. The first-order chi connectivity index (χ1) is 12.2. The third kappa shape index (κ3) is 5.03. The molecular weight excluding hydrogens is 337 g/mol. The number of carbonyl (C=O) groups excluding carboxylic acids is 1. The second-order valence-electron chi connectivity index (χ2n) is 5.76. The average molecular weight is 357 g/mol. The maximum absolute atomic E-state index is 12.8. The van der Waals surface area contributed by atoms with Crippen molar-refractivity contribution in [1.82, 2.24) is 5.32 Å². The van der Waals surface area contributed by atoms with Crippen LogP contribution in [-0.4, -0.2) is 19.1 Å². The maximum Gasteiger partial charge on any atom is 0.220 e. The Morgan fingerprint density at radius 3 is 2.76 bits per heavy atom. The number of amides is 1. The highest BCUT2D eigenvalue weighted by molar-refractivity contribution is 7.17. The molecule has 2 aromatic carbocycles. The van der Waals surface area contributed by atoms with Crippen molar-refractivity contribution >= 4 is 27.3 Å². The van der Waals surface area contributed by atoms with Crippen LogP contribution in [0.1, 0.15) is 18.4 Å². The minimum atomic E-state index is -0.287. The first-order valence-corrected chi connectivity index (χ1v) is 9.20. The van der Waals surface area contributed by atoms with Gasteiger partial charge in [0.1, 0.15) is 11.6 Å². The number of fused-ring (bicyclic) bond motifs is 1. The van der Waals surface area contributed by atoms with Gasteiger partial charge in [-0.3, -0.25) is 4.79 Å². The van der Waals surface area contributed by atoms with Gasteiger partial charge in [-0.2, -0.15) is 0 Å². The van der Waals surface area contributed by atoms with Gasteiger partial charge in [-0.15, -0.1) is 11.3 Å². The number of rotatable bonds is 8. The van der Waals surface area contributed by atoms with Gasteiger partial charge >= 0.3 is 0 Å². The Hall–Kier alpha value is -2.40. The lowest BCUT2D eigenvalue weighted by atomic mass is 10.1. The Morgan fingerprint density at radius 1 is 1.12 bits per heavy atom. The van der Waals surface area contributed by atoms with Crippen molar-refractivity contribution in [2.45, 2.75) is 19.3 Å². The predicted molar refractivity (Wildman–Crippen MR) is 99.7 cm³/mol. The lowest BCUT2D eigenvalue weighted by Gasteiger charge is -2.07. The molecule has 1 amide bonds. The van der Waals surface area contributed by atoms with Crippen LogP contribution in [0.2, 0.25) is 0 Å². The number of ether oxygens (including phenoxy) is 1. The SMILES string of the molecule is O=C(CCCOc1ccc(F)cc1)NCCc1csc2ccccc12. The molecule has 1 N–H and O–H groups in total. The predicted octanol–water partition coefficient (Wildman–Crippen LogP) is 4.56. The highest BCUT2D eigenvalue weighted by Crippen LogP contribution is 2.25. The molecule has 0 radical (unpaired) electrons. The van der Waals surface area contributed by atoms with Crippen molar-refractivity contribution in [2.24, 2.45) is 0 Å². The van der Waals surface area contributed by atoms with Gasteiger partial charge in [0.25, 0.3) is 0 Å². The Bertz CT molecular complexity index is 829. The van der Waals surface area contributed by atoms with Crippen LogP contribution in [0.5, 0.6) is 5.75 Å². The standard InChI is InChI=1S/C20H20FNO2S/c21-16-7-9-17(10-8-16)24-13-3-6-20(23)22-12-11-15-14-25-19-5-2-1-4-18(15)19/h1-2,4-5,7-10,14H,3,6,11-13H2,(H,22,23). The number of halogens is 1. The summed E-state index contributed by atoms with van der Waals surface area (Å²) in [6.07, 6.45) is 1.89. The molecule has 0 aliphatic rings. The Kier molecular flexibility index (Phi) is 6.01. The fourth-order valence-electron chi connectivity index (χ4n) is 2.60. The van der Waals surface area contributed by atoms with Gasteiger partial charge in [-0.25, -0.2) is 4.39 Å². The summed E-state index contributed by atoms with van der Waals surface area (Å²) in [7, 11) is 0. The van der Waals surface area contributed by atoms with E-state index in [2.05, 4.69) is 22.8 Å². The molecule has 0 bridgehead atoms. The Labute approximate surface area is 150 Å². The van der Waals surface area contributed by atoms with E-state index >= 15 is 0 Å². The van der Waals surface area contributed by atoms with Crippen LogP contribution in [0.4, 0.5) is 4.39 Å². The third-order valence-corrected chi connectivity index (χ3v) is 4.92. The van der Waals surface area contributed by atoms with Crippen LogP contribution in [0.25, 0.3) is 10.1 Å². The molecule has 0 unspecified atom stereocenters. The minimum absolute atomic E-state index is 0.0299. The van der Waals surface area contributed by atoms with Crippen LogP contribution in [-0.2, 0) is 11.2 Å². The molecule has 0 atom stereocenters. The van der Waals surface area contributed by atoms with Crippen molar-refractivity contribution in [3.8, 4) is 5.75 Å². The minimum Gasteiger partial charge on any atom is -0.494 e. The van der Waals surface area contributed by atoms with Gasteiger partial charge in [0, 0.05) is 17.7 Å². The van der Waals surface area contributed by atoms with Gasteiger partial charge < -0.3 is 10.1 Å². The molecule has 0 aliphatic heterocycles. The number of nitrogens with one attached hydrogen (secondary N) is 1. The molecule has 25 heavy (non-hydrogen) atoms. The largest absolute Gasteiger partial charge is 0.494 e. The lowest BCUT2D eigenvalue weighted by Crippen LogP contribution is -2.25. The van der Waals surface area contributed by atoms with Crippen molar-refractivity contribution in [3.63, 3.8) is 0 Å². The second-order valence-corrected chi connectivity index (χ2v) is 6.67. The summed E-state index contributed by atoms with van der Waals surface area (Å²) < 4.78 is 19.5. The fourth-order valence-corrected chi connectivity index (χ4v) is 3.60. The van der Waals surface area contributed by atoms with Crippen LogP contribution in [0.15, 0.2) is 53.9 Å². The molecule has 3 aromatic rings. The molecule has 3 nitrogen and oxygen atoms in total. The van der Waals surface area contributed by atoms with E-state index in [9.17, 15) is 9.18 Å². The van der Waals surface area contributed by atoms with Crippen molar-refractivity contribution in [2.75, 3.05) is 13.2 Å². The van der Waals surface area contributed by atoms with Crippen LogP contribution in [0.3, 0.4) is 0 Å². The maximum atomic E-state index is 12.8. The van der Waals surface area contributed by atoms with Crippen LogP contribution < -0.4 is 10.1 Å². The quantitative estimate of drug-likeness (QED) is 0.600. The van der Waals surface area contributed by atoms with E-state index in [0.717, 1.165) is 6.42 Å². The summed E-state index contributed by atoms with van der Waals surface area (Å²) in [5.74, 6) is 0.360. The molecule has 0 saturated carbocycles. The summed E-state index contributed by atoms with van der Waals surface area (Å²) in [5, 5.41) is 6.39. The molecule has 0 fully saturated rings. The number of thiophene rings is 1. The van der Waals surface area contributed by atoms with E-state index in [1.54, 1.807) is 23.5 Å². The van der Waals surface area contributed by atoms with E-state index in [0.29, 0.717) is 31.7 Å². The Balaban J connectivity index is 1.33. The molecule has 1 aromatic heterocycles. The fraction of sp³-hybridized carbons (Fsp3) is 0.250. The van der Waals surface area contributed by atoms with Crippen molar-refractivity contribution in [1.29, 1.82) is 0 Å². The highest BCUT2D eigenvalue weighted by Gasteiger charge is 2.05. The number of hydrogen-bond acceptors (Lipinski definition) is 3. The van der Waals surface area contributed by atoms with Crippen LogP contribution >= 0.6 is 11.3 Å². The smallest absolute Gasteiger partial charge is 0.220 e. The number of carbonyl (C=O) groups is 1. The van der Waals surface area contributed by atoms with Gasteiger partial charge in [-0.05, 0) is 59.5 Å². The monoisotopic (exact) mass is 357 g/mol. The van der Waals surface area contributed by atoms with E-state index in [1.807, 2.05) is 12.1 Å². The summed E-state index contributed by atoms with van der Waals surface area (Å²) in [6, 6.07) is 14.2. The molecule has 130 valence electrons. The molecule has 0 saturated heterocycles. The van der Waals surface area contributed by atoms with Gasteiger partial charge in [0.2, 0.25) is 5.91 Å². The first-order valence-electron chi connectivity index (χ1n) is 8.32. The van der Waals surface area contributed by atoms with E-state index < -0.39 is 0 Å². The summed E-state index contributed by atoms with van der Waals surface area (Å²) in [4.78, 5) is 11.9. The zero-order valence-electron chi connectivity index (χ0n) is 13.8. The number of hydrogen-bond donors (Lipinski definition) is 1. The van der Waals surface area contributed by atoms with E-state index in [1.165, 1.54) is 27.8 Å². The highest BCUT2D eigenvalue weighted by atomic mass is 32.1. The molecule has 1 heterocycles. The van der Waals surface area contributed by atoms with Gasteiger partial charge in [0.15, 0.2) is 0 Å². The Morgan fingerprint density at radius 2 is 1.92 bits per heavy atom. The van der Waals surface area contributed by atoms with Crippen LogP contribution in [0, 0.1) is 5.82 Å². The van der Waals surface area contributed by atoms with E-state index in [-0.39, 0.29) is 11.7 Å². The summed E-state index contributed by atoms with van der Waals surface area (Å²) >= 11 is 1.74. The molecule has 3 rings (SSSR count). The van der Waals surface area contributed by atoms with E-state index in [4.69, 9.17) is 4.74 Å². The normalized spacial score (nSPS) is 10.8. The van der Waals surface area contributed by atoms with Crippen molar-refractivity contribution in [3.05, 3.63) is 65.3 Å². The topological polar surface area (TPSA) is 38.3 Å². The van der Waals surface area contributed by atoms with Crippen molar-refractivity contribution < 1.29 is 13.9 Å². The average Bonchev–Trinajstić information content (AvgIpc) is 3.04. The molecule has 5 heteroatoms. The zero-order valence-corrected chi connectivity index (χ0v) is 14.7. The summed E-state index contributed by atoms with van der Waals surface area (Å²) in [6.45, 7) is 1.08. The number of benzene rings is 2. The molecule has 0 spiro atoms. The second kappa shape index (κ2) is 8.62. The lowest BCUT2D eigenvalue weighted by molar-refractivity contribution is -0.121. The zero-order chi connectivity index (χ0) is 17.5. The molecular formula is C20H20FNO2S. The third-order valence-electron chi connectivity index (χ3n) is 3.91.